The number of ether oxygens (including phenoxy) is 2. The van der Waals surface area contributed by atoms with Gasteiger partial charge in [0.2, 0.25) is 0 Å². The van der Waals surface area contributed by atoms with Crippen molar-refractivity contribution in [2.75, 3.05) is 39.2 Å². The minimum atomic E-state index is -0.441. The highest BCUT2D eigenvalue weighted by atomic mass is 16.6. The van der Waals surface area contributed by atoms with Crippen LogP contribution in [0.25, 0.3) is 0 Å². The van der Waals surface area contributed by atoms with Crippen LogP contribution in [0.3, 0.4) is 0 Å². The van der Waals surface area contributed by atoms with E-state index in [9.17, 15) is 10.1 Å². The number of methoxy groups -OCH3 is 2. The fourth-order valence-corrected chi connectivity index (χ4v) is 2.58. The van der Waals surface area contributed by atoms with Gasteiger partial charge in [-0.3, -0.25) is 15.0 Å². The summed E-state index contributed by atoms with van der Waals surface area (Å²) in [5, 5.41) is 14.3. The third kappa shape index (κ3) is 3.83. The maximum Gasteiger partial charge on any atom is 0.311 e. The molecular formula is C14H21N3O4. The Balaban J connectivity index is 2.06. The van der Waals surface area contributed by atoms with Crippen LogP contribution in [0.4, 0.5) is 11.4 Å². The lowest BCUT2D eigenvalue weighted by molar-refractivity contribution is -0.385. The molecule has 1 heterocycles. The summed E-state index contributed by atoms with van der Waals surface area (Å²) in [5.41, 5.74) is 0.803. The van der Waals surface area contributed by atoms with Crippen molar-refractivity contribution >= 4 is 11.4 Å². The predicted octanol–water partition coefficient (Wildman–Crippen LogP) is 2.08. The largest absolute Gasteiger partial charge is 0.490 e. The van der Waals surface area contributed by atoms with Gasteiger partial charge in [0.15, 0.2) is 5.75 Å². The predicted molar refractivity (Wildman–Crippen MR) is 79.7 cm³/mol. The van der Waals surface area contributed by atoms with E-state index >= 15 is 0 Å². The first-order valence-corrected chi connectivity index (χ1v) is 6.97. The van der Waals surface area contributed by atoms with Gasteiger partial charge in [0.25, 0.3) is 0 Å². The fourth-order valence-electron chi connectivity index (χ4n) is 2.58. The Bertz CT molecular complexity index is 495. The molecule has 1 aromatic carbocycles. The van der Waals surface area contributed by atoms with Crippen LogP contribution in [-0.4, -0.2) is 49.9 Å². The Morgan fingerprint density at radius 3 is 2.95 bits per heavy atom. The number of benzene rings is 1. The molecule has 0 aliphatic carbocycles. The number of nitrogens with zero attached hydrogens (tertiary/aromatic N) is 2. The molecule has 1 aromatic rings. The normalized spacial score (nSPS) is 18.7. The maximum absolute atomic E-state index is 10.9. The molecule has 1 atom stereocenters. The van der Waals surface area contributed by atoms with Crippen LogP contribution in [0.15, 0.2) is 18.2 Å². The first-order chi connectivity index (χ1) is 10.2. The summed E-state index contributed by atoms with van der Waals surface area (Å²) in [4.78, 5) is 12.8. The Morgan fingerprint density at radius 1 is 1.48 bits per heavy atom. The van der Waals surface area contributed by atoms with Crippen molar-refractivity contribution in [2.24, 2.45) is 0 Å². The third-order valence-electron chi connectivity index (χ3n) is 3.66. The minimum absolute atomic E-state index is 0.0225. The molecule has 116 valence electrons. The van der Waals surface area contributed by atoms with E-state index in [4.69, 9.17) is 9.47 Å². The molecule has 0 spiro atoms. The lowest BCUT2D eigenvalue weighted by Crippen LogP contribution is -2.37. The van der Waals surface area contributed by atoms with Crippen LogP contribution in [0.5, 0.6) is 5.75 Å². The zero-order valence-corrected chi connectivity index (χ0v) is 12.4. The van der Waals surface area contributed by atoms with E-state index in [-0.39, 0.29) is 17.6 Å². The number of likely N-dealkylation sites (tertiary alicyclic amines) is 1. The van der Waals surface area contributed by atoms with Crippen LogP contribution in [-0.2, 0) is 4.74 Å². The quantitative estimate of drug-likeness (QED) is 0.613. The first-order valence-electron chi connectivity index (χ1n) is 6.97. The number of rotatable bonds is 7. The summed E-state index contributed by atoms with van der Waals surface area (Å²) in [7, 11) is 3.13. The summed E-state index contributed by atoms with van der Waals surface area (Å²) < 4.78 is 10.2. The summed E-state index contributed by atoms with van der Waals surface area (Å²) in [6.45, 7) is 2.60. The molecule has 0 saturated carbocycles. The lowest BCUT2D eigenvalue weighted by atomic mass is 10.2. The monoisotopic (exact) mass is 295 g/mol. The van der Waals surface area contributed by atoms with E-state index in [0.29, 0.717) is 6.61 Å². The van der Waals surface area contributed by atoms with Crippen LogP contribution < -0.4 is 10.1 Å². The smallest absolute Gasteiger partial charge is 0.311 e. The van der Waals surface area contributed by atoms with Gasteiger partial charge in [0.1, 0.15) is 0 Å². The van der Waals surface area contributed by atoms with E-state index in [1.54, 1.807) is 19.2 Å². The van der Waals surface area contributed by atoms with Crippen LogP contribution >= 0.6 is 0 Å². The fraction of sp³-hybridized carbons (Fsp3) is 0.571. The lowest BCUT2D eigenvalue weighted by Gasteiger charge is -2.26. The molecule has 0 amide bonds. The molecule has 1 aliphatic rings. The second-order valence-corrected chi connectivity index (χ2v) is 4.97. The second-order valence-electron chi connectivity index (χ2n) is 4.97. The van der Waals surface area contributed by atoms with Gasteiger partial charge in [0.05, 0.1) is 24.8 Å². The molecule has 1 fully saturated rings. The number of hydrogen-bond donors (Lipinski definition) is 1. The standard InChI is InChI=1S/C14H21N3O4/c1-20-9-8-16-7-3-4-14(16)15-11-5-6-12(17(18)19)13(10-11)21-2/h5-6,10,14-15H,3-4,7-9H2,1-2H3. The van der Waals surface area contributed by atoms with Crippen molar-refractivity contribution in [3.05, 3.63) is 28.3 Å². The molecule has 2 rings (SSSR count). The van der Waals surface area contributed by atoms with Gasteiger partial charge in [-0.2, -0.15) is 0 Å². The minimum Gasteiger partial charge on any atom is -0.490 e. The number of anilines is 1. The van der Waals surface area contributed by atoms with Crippen molar-refractivity contribution in [3.8, 4) is 5.75 Å². The molecule has 7 heteroatoms. The molecule has 0 bridgehead atoms. The summed E-state index contributed by atoms with van der Waals surface area (Å²) in [5.74, 6) is 0.270. The molecular weight excluding hydrogens is 274 g/mol. The van der Waals surface area contributed by atoms with Crippen molar-refractivity contribution in [1.82, 2.24) is 4.90 Å². The molecule has 1 N–H and O–H groups in total. The second kappa shape index (κ2) is 7.24. The van der Waals surface area contributed by atoms with E-state index in [2.05, 4.69) is 10.2 Å². The summed E-state index contributed by atoms with van der Waals surface area (Å²) in [6, 6.07) is 4.86. The van der Waals surface area contributed by atoms with Gasteiger partial charge in [-0.1, -0.05) is 0 Å². The van der Waals surface area contributed by atoms with Crippen LogP contribution in [0.2, 0.25) is 0 Å². The van der Waals surface area contributed by atoms with Gasteiger partial charge < -0.3 is 14.8 Å². The van der Waals surface area contributed by atoms with Crippen molar-refractivity contribution in [2.45, 2.75) is 19.0 Å². The Labute approximate surface area is 124 Å². The van der Waals surface area contributed by atoms with Crippen molar-refractivity contribution in [3.63, 3.8) is 0 Å². The van der Waals surface area contributed by atoms with Crippen LogP contribution in [0.1, 0.15) is 12.8 Å². The summed E-state index contributed by atoms with van der Waals surface area (Å²) >= 11 is 0. The van der Waals surface area contributed by atoms with E-state index in [0.717, 1.165) is 31.6 Å². The molecule has 0 aromatic heterocycles. The van der Waals surface area contributed by atoms with Crippen LogP contribution in [0, 0.1) is 10.1 Å². The number of hydrogen-bond acceptors (Lipinski definition) is 6. The zero-order chi connectivity index (χ0) is 15.2. The average molecular weight is 295 g/mol. The number of nitro groups is 1. The molecule has 7 nitrogen and oxygen atoms in total. The molecule has 1 unspecified atom stereocenters. The third-order valence-corrected chi connectivity index (χ3v) is 3.66. The summed E-state index contributed by atoms with van der Waals surface area (Å²) in [6.07, 6.45) is 2.40. The van der Waals surface area contributed by atoms with Gasteiger partial charge in [0, 0.05) is 38.0 Å². The molecule has 1 saturated heterocycles. The molecule has 21 heavy (non-hydrogen) atoms. The van der Waals surface area contributed by atoms with Crippen molar-refractivity contribution < 1.29 is 14.4 Å². The Kier molecular flexibility index (Phi) is 5.35. The van der Waals surface area contributed by atoms with E-state index in [1.807, 2.05) is 0 Å². The van der Waals surface area contributed by atoms with Gasteiger partial charge in [-0.25, -0.2) is 0 Å². The van der Waals surface area contributed by atoms with E-state index in [1.165, 1.54) is 13.2 Å². The Hall–Kier alpha value is -1.86. The molecule has 1 aliphatic heterocycles. The van der Waals surface area contributed by atoms with Gasteiger partial charge >= 0.3 is 5.69 Å². The highest BCUT2D eigenvalue weighted by Gasteiger charge is 2.24. The highest BCUT2D eigenvalue weighted by Crippen LogP contribution is 2.31. The highest BCUT2D eigenvalue weighted by molar-refractivity contribution is 5.58. The molecule has 0 radical (unpaired) electrons. The zero-order valence-electron chi connectivity index (χ0n) is 12.4. The van der Waals surface area contributed by atoms with E-state index < -0.39 is 4.92 Å². The SMILES string of the molecule is COCCN1CCCC1Nc1ccc([N+](=O)[O-])c(OC)c1. The van der Waals surface area contributed by atoms with Gasteiger partial charge in [-0.15, -0.1) is 0 Å². The maximum atomic E-state index is 10.9. The number of nitrogens with one attached hydrogen (secondary N) is 1. The van der Waals surface area contributed by atoms with Gasteiger partial charge in [-0.05, 0) is 18.9 Å². The topological polar surface area (TPSA) is 76.9 Å². The Morgan fingerprint density at radius 2 is 2.29 bits per heavy atom. The number of nitro benzene ring substituents is 1. The average Bonchev–Trinajstić information content (AvgIpc) is 2.91. The first kappa shape index (κ1) is 15.5. The van der Waals surface area contributed by atoms with Crippen molar-refractivity contribution in [1.29, 1.82) is 0 Å².